The van der Waals surface area contributed by atoms with Crippen molar-refractivity contribution < 1.29 is 9.53 Å². The lowest BCUT2D eigenvalue weighted by atomic mass is 10.1. The molecule has 0 unspecified atom stereocenters. The molecular weight excluding hydrogens is 442 g/mol. The second-order valence-electron chi connectivity index (χ2n) is 8.41. The number of hydrogen-bond donors (Lipinski definition) is 0. The summed E-state index contributed by atoms with van der Waals surface area (Å²) >= 11 is 1.47. The topological polar surface area (TPSA) is 45.1 Å². The maximum absolute atomic E-state index is 12.6. The second-order valence-corrected chi connectivity index (χ2v) is 9.42. The molecule has 2 aliphatic heterocycles. The zero-order chi connectivity index (χ0) is 23.3. The molecule has 0 aliphatic carbocycles. The summed E-state index contributed by atoms with van der Waals surface area (Å²) in [6, 6.07) is 26.4. The van der Waals surface area contributed by atoms with Gasteiger partial charge in [-0.05, 0) is 59.7 Å². The largest absolute Gasteiger partial charge is 0.489 e. The van der Waals surface area contributed by atoms with Crippen LogP contribution in [0.3, 0.4) is 0 Å². The number of hydrogen-bond acceptors (Lipinski definition) is 5. The summed E-state index contributed by atoms with van der Waals surface area (Å²) in [7, 11) is 0. The molecular formula is C28H27N3O2S. The summed E-state index contributed by atoms with van der Waals surface area (Å²) in [6.07, 6.45) is 1.91. The van der Waals surface area contributed by atoms with E-state index in [2.05, 4.69) is 46.0 Å². The molecule has 0 saturated carbocycles. The fourth-order valence-corrected chi connectivity index (χ4v) is 5.11. The van der Waals surface area contributed by atoms with Gasteiger partial charge >= 0.3 is 0 Å². The van der Waals surface area contributed by atoms with Crippen LogP contribution in [0.15, 0.2) is 88.8 Å². The Balaban J connectivity index is 1.17. The fourth-order valence-electron chi connectivity index (χ4n) is 4.14. The Hall–Kier alpha value is -3.51. The lowest BCUT2D eigenvalue weighted by Gasteiger charge is -2.37. The van der Waals surface area contributed by atoms with Crippen molar-refractivity contribution in [2.75, 3.05) is 31.1 Å². The second kappa shape index (κ2) is 10.2. The van der Waals surface area contributed by atoms with E-state index in [1.54, 1.807) is 0 Å². The van der Waals surface area contributed by atoms with Crippen LogP contribution in [0.25, 0.3) is 6.08 Å². The first-order valence-electron chi connectivity index (χ1n) is 11.5. The Morgan fingerprint density at radius 3 is 2.29 bits per heavy atom. The monoisotopic (exact) mass is 469 g/mol. The Morgan fingerprint density at radius 2 is 1.56 bits per heavy atom. The number of piperazine rings is 1. The van der Waals surface area contributed by atoms with Crippen molar-refractivity contribution >= 4 is 34.6 Å². The van der Waals surface area contributed by atoms with E-state index in [4.69, 9.17) is 4.74 Å². The number of rotatable bonds is 5. The van der Waals surface area contributed by atoms with Crippen molar-refractivity contribution in [1.29, 1.82) is 0 Å². The molecule has 0 bridgehead atoms. The minimum absolute atomic E-state index is 0.161. The lowest BCUT2D eigenvalue weighted by Crippen LogP contribution is -2.48. The Morgan fingerprint density at radius 1 is 0.882 bits per heavy atom. The first-order valence-corrected chi connectivity index (χ1v) is 12.3. The summed E-state index contributed by atoms with van der Waals surface area (Å²) in [5.74, 6) is 0.644. The number of aryl methyl sites for hydroxylation is 1. The van der Waals surface area contributed by atoms with Crippen molar-refractivity contribution in [2.45, 2.75) is 13.5 Å². The Kier molecular flexibility index (Phi) is 6.67. The average Bonchev–Trinajstić information content (AvgIpc) is 3.24. The molecule has 0 radical (unpaired) electrons. The highest BCUT2D eigenvalue weighted by molar-refractivity contribution is 8.18. The normalized spacial score (nSPS) is 17.3. The highest BCUT2D eigenvalue weighted by atomic mass is 32.2. The van der Waals surface area contributed by atoms with Gasteiger partial charge in [-0.3, -0.25) is 4.79 Å². The van der Waals surface area contributed by atoms with Gasteiger partial charge in [0.2, 0.25) is 0 Å². The average molecular weight is 470 g/mol. The molecule has 2 aliphatic rings. The smallest absolute Gasteiger partial charge is 0.286 e. The lowest BCUT2D eigenvalue weighted by molar-refractivity contribution is -0.113. The summed E-state index contributed by atoms with van der Waals surface area (Å²) < 4.78 is 5.86. The summed E-state index contributed by atoms with van der Waals surface area (Å²) in [4.78, 5) is 22.2. The van der Waals surface area contributed by atoms with Gasteiger partial charge in [0.25, 0.3) is 5.91 Å². The quantitative estimate of drug-likeness (QED) is 0.471. The summed E-state index contributed by atoms with van der Waals surface area (Å²) in [6.45, 7) is 6.23. The van der Waals surface area contributed by atoms with E-state index in [9.17, 15) is 4.79 Å². The molecule has 0 spiro atoms. The van der Waals surface area contributed by atoms with Crippen molar-refractivity contribution in [3.05, 3.63) is 100 Å². The molecule has 3 aromatic rings. The molecule has 0 aromatic heterocycles. The van der Waals surface area contributed by atoms with Gasteiger partial charge in [0.15, 0.2) is 5.17 Å². The van der Waals surface area contributed by atoms with Gasteiger partial charge in [-0.25, -0.2) is 0 Å². The number of carbonyl (C=O) groups excluding carboxylic acids is 1. The van der Waals surface area contributed by atoms with E-state index in [1.165, 1.54) is 23.0 Å². The summed E-state index contributed by atoms with van der Waals surface area (Å²) in [5.41, 5.74) is 4.67. The van der Waals surface area contributed by atoms with Crippen LogP contribution in [0.4, 0.5) is 5.69 Å². The summed E-state index contributed by atoms with van der Waals surface area (Å²) in [5, 5.41) is 0.809. The van der Waals surface area contributed by atoms with E-state index in [0.29, 0.717) is 11.5 Å². The van der Waals surface area contributed by atoms with E-state index in [1.807, 2.05) is 60.7 Å². The van der Waals surface area contributed by atoms with Crippen molar-refractivity contribution in [1.82, 2.24) is 4.90 Å². The molecule has 0 atom stereocenters. The molecule has 6 heteroatoms. The van der Waals surface area contributed by atoms with Gasteiger partial charge in [-0.15, -0.1) is 0 Å². The van der Waals surface area contributed by atoms with Gasteiger partial charge in [-0.1, -0.05) is 60.7 Å². The van der Waals surface area contributed by atoms with Crippen LogP contribution >= 0.6 is 11.8 Å². The molecule has 5 rings (SSSR count). The van der Waals surface area contributed by atoms with Crippen LogP contribution in [-0.4, -0.2) is 42.2 Å². The van der Waals surface area contributed by atoms with E-state index in [-0.39, 0.29) is 5.91 Å². The Labute approximate surface area is 204 Å². The van der Waals surface area contributed by atoms with Gasteiger partial charge in [0, 0.05) is 31.9 Å². The highest BCUT2D eigenvalue weighted by Gasteiger charge is 2.28. The van der Waals surface area contributed by atoms with Crippen LogP contribution in [0, 0.1) is 6.92 Å². The molecule has 1 amide bonds. The molecule has 2 heterocycles. The van der Waals surface area contributed by atoms with Crippen LogP contribution in [0.5, 0.6) is 5.75 Å². The molecule has 1 saturated heterocycles. The minimum Gasteiger partial charge on any atom is -0.489 e. The number of amides is 1. The third-order valence-corrected chi connectivity index (χ3v) is 7.09. The number of thioether (sulfide) groups is 1. The maximum Gasteiger partial charge on any atom is 0.286 e. The molecule has 5 nitrogen and oxygen atoms in total. The number of anilines is 1. The first-order chi connectivity index (χ1) is 16.7. The van der Waals surface area contributed by atoms with E-state index in [0.717, 1.165) is 48.2 Å². The zero-order valence-corrected chi connectivity index (χ0v) is 20.0. The first kappa shape index (κ1) is 22.3. The minimum atomic E-state index is -0.161. The third kappa shape index (κ3) is 5.18. The fraction of sp³-hybridized carbons (Fsp3) is 0.214. The predicted molar refractivity (Wildman–Crippen MR) is 140 cm³/mol. The molecule has 34 heavy (non-hydrogen) atoms. The van der Waals surface area contributed by atoms with Gasteiger partial charge in [0.05, 0.1) is 4.91 Å². The molecule has 1 fully saturated rings. The van der Waals surface area contributed by atoms with Crippen molar-refractivity contribution in [3.8, 4) is 5.75 Å². The zero-order valence-electron chi connectivity index (χ0n) is 19.2. The standard InChI is InChI=1S/C28H27N3O2S/c1-21-7-5-6-10-25(21)30-15-17-31(18-16-30)28-29-27(32)26(34-28)19-22-11-13-24(14-12-22)33-20-23-8-3-2-4-9-23/h2-14,19H,15-18,20H2,1H3. The van der Waals surface area contributed by atoms with Crippen LogP contribution in [0.1, 0.15) is 16.7 Å². The predicted octanol–water partition coefficient (Wildman–Crippen LogP) is 5.37. The SMILES string of the molecule is Cc1ccccc1N1CCN(C2=NC(=O)C(=Cc3ccc(OCc4ccccc4)cc3)S2)CC1. The number of nitrogens with zero attached hydrogens (tertiary/aromatic N) is 3. The van der Waals surface area contributed by atoms with Crippen LogP contribution < -0.4 is 9.64 Å². The van der Waals surface area contributed by atoms with Crippen molar-refractivity contribution in [3.63, 3.8) is 0 Å². The number of aliphatic imine (C=N–C) groups is 1. The van der Waals surface area contributed by atoms with Gasteiger partial charge < -0.3 is 14.5 Å². The molecule has 172 valence electrons. The Bertz CT molecular complexity index is 1210. The van der Waals surface area contributed by atoms with Gasteiger partial charge in [-0.2, -0.15) is 4.99 Å². The van der Waals surface area contributed by atoms with Gasteiger partial charge in [0.1, 0.15) is 12.4 Å². The highest BCUT2D eigenvalue weighted by Crippen LogP contribution is 2.31. The molecule has 0 N–H and O–H groups in total. The third-order valence-electron chi connectivity index (χ3n) is 6.04. The number of carbonyl (C=O) groups is 1. The molecule has 3 aromatic carbocycles. The number of benzene rings is 3. The van der Waals surface area contributed by atoms with Crippen molar-refractivity contribution in [2.24, 2.45) is 4.99 Å². The van der Waals surface area contributed by atoms with E-state index >= 15 is 0 Å². The number of para-hydroxylation sites is 1. The number of ether oxygens (including phenoxy) is 1. The van der Waals surface area contributed by atoms with Crippen LogP contribution in [-0.2, 0) is 11.4 Å². The maximum atomic E-state index is 12.6. The van der Waals surface area contributed by atoms with E-state index < -0.39 is 0 Å². The number of amidine groups is 1. The van der Waals surface area contributed by atoms with Crippen LogP contribution in [0.2, 0.25) is 0 Å².